The van der Waals surface area contributed by atoms with E-state index < -0.39 is 0 Å². The van der Waals surface area contributed by atoms with Gasteiger partial charge in [0.05, 0.1) is 6.54 Å². The number of nitrogens with zero attached hydrogens (tertiary/aromatic N) is 1. The first-order valence-corrected chi connectivity index (χ1v) is 7.24. The number of rotatable bonds is 4. The van der Waals surface area contributed by atoms with Crippen molar-refractivity contribution in [1.82, 2.24) is 10.2 Å². The van der Waals surface area contributed by atoms with Gasteiger partial charge in [0.15, 0.2) is 0 Å². The maximum absolute atomic E-state index is 11.4. The lowest BCUT2D eigenvalue weighted by Crippen LogP contribution is -2.48. The molecule has 1 aliphatic carbocycles. The van der Waals surface area contributed by atoms with Crippen molar-refractivity contribution in [3.05, 3.63) is 35.4 Å². The van der Waals surface area contributed by atoms with Crippen LogP contribution in [0.5, 0.6) is 0 Å². The van der Waals surface area contributed by atoms with Crippen LogP contribution in [0.25, 0.3) is 0 Å². The first-order chi connectivity index (χ1) is 9.18. The maximum atomic E-state index is 11.4. The Labute approximate surface area is 115 Å². The highest BCUT2D eigenvalue weighted by molar-refractivity contribution is 5.78. The first kappa shape index (κ1) is 12.7. The molecule has 3 heteroatoms. The van der Waals surface area contributed by atoms with Crippen molar-refractivity contribution in [3.8, 4) is 0 Å². The third kappa shape index (κ3) is 2.81. The monoisotopic (exact) mass is 258 g/mol. The van der Waals surface area contributed by atoms with Crippen LogP contribution < -0.4 is 5.32 Å². The normalized spacial score (nSPS) is 22.1. The van der Waals surface area contributed by atoms with Crippen molar-refractivity contribution in [2.75, 3.05) is 26.2 Å². The third-order valence-electron chi connectivity index (χ3n) is 4.54. The Morgan fingerprint density at radius 2 is 2.00 bits per heavy atom. The van der Waals surface area contributed by atoms with Crippen LogP contribution in [-0.4, -0.2) is 37.0 Å². The van der Waals surface area contributed by atoms with Crippen LogP contribution in [0.2, 0.25) is 0 Å². The predicted molar refractivity (Wildman–Crippen MR) is 76.2 cm³/mol. The number of benzene rings is 1. The zero-order valence-electron chi connectivity index (χ0n) is 11.6. The summed E-state index contributed by atoms with van der Waals surface area (Å²) in [6.45, 7) is 5.55. The summed E-state index contributed by atoms with van der Waals surface area (Å²) in [7, 11) is 0. The van der Waals surface area contributed by atoms with Crippen molar-refractivity contribution in [1.29, 1.82) is 0 Å². The fourth-order valence-corrected chi connectivity index (χ4v) is 3.00. The molecule has 1 amide bonds. The third-order valence-corrected chi connectivity index (χ3v) is 4.54. The fraction of sp³-hybridized carbons (Fsp3) is 0.562. The smallest absolute Gasteiger partial charge is 0.234 e. The summed E-state index contributed by atoms with van der Waals surface area (Å²) in [5.74, 6) is 0.173. The number of nitrogens with one attached hydrogen (secondary N) is 1. The van der Waals surface area contributed by atoms with E-state index in [0.29, 0.717) is 12.0 Å². The van der Waals surface area contributed by atoms with Gasteiger partial charge in [-0.05, 0) is 43.7 Å². The van der Waals surface area contributed by atoms with Crippen molar-refractivity contribution in [3.63, 3.8) is 0 Å². The van der Waals surface area contributed by atoms with Crippen LogP contribution in [0, 0.1) is 6.92 Å². The summed E-state index contributed by atoms with van der Waals surface area (Å²) in [5, 5.41) is 2.88. The van der Waals surface area contributed by atoms with E-state index >= 15 is 0 Å². The van der Waals surface area contributed by atoms with Crippen molar-refractivity contribution in [2.24, 2.45) is 0 Å². The highest BCUT2D eigenvalue weighted by Gasteiger charge is 2.43. The van der Waals surface area contributed by atoms with E-state index in [1.807, 2.05) is 0 Å². The molecular weight excluding hydrogens is 236 g/mol. The van der Waals surface area contributed by atoms with Gasteiger partial charge in [-0.25, -0.2) is 0 Å². The minimum Gasteiger partial charge on any atom is -0.354 e. The van der Waals surface area contributed by atoms with Gasteiger partial charge in [0.25, 0.3) is 0 Å². The minimum absolute atomic E-state index is 0.173. The van der Waals surface area contributed by atoms with E-state index in [-0.39, 0.29) is 5.91 Å². The van der Waals surface area contributed by atoms with Crippen molar-refractivity contribution in [2.45, 2.75) is 31.6 Å². The lowest BCUT2D eigenvalue weighted by Gasteiger charge is -2.28. The van der Waals surface area contributed by atoms with Gasteiger partial charge in [-0.3, -0.25) is 9.69 Å². The predicted octanol–water partition coefficient (Wildman–Crippen LogP) is 1.85. The van der Waals surface area contributed by atoms with E-state index in [1.165, 1.54) is 30.4 Å². The number of hydrogen-bond acceptors (Lipinski definition) is 2. The summed E-state index contributed by atoms with van der Waals surface area (Å²) < 4.78 is 0. The van der Waals surface area contributed by atoms with Crippen LogP contribution in [0.4, 0.5) is 0 Å². The van der Waals surface area contributed by atoms with E-state index in [4.69, 9.17) is 0 Å². The summed E-state index contributed by atoms with van der Waals surface area (Å²) in [6.07, 6.45) is 3.79. The van der Waals surface area contributed by atoms with Gasteiger partial charge < -0.3 is 5.32 Å². The quantitative estimate of drug-likeness (QED) is 0.894. The zero-order valence-corrected chi connectivity index (χ0v) is 11.6. The second-order valence-electron chi connectivity index (χ2n) is 6.02. The number of amides is 1. The summed E-state index contributed by atoms with van der Waals surface area (Å²) in [5.41, 5.74) is 3.22. The van der Waals surface area contributed by atoms with E-state index in [1.54, 1.807) is 0 Å². The summed E-state index contributed by atoms with van der Waals surface area (Å²) in [6, 6.07) is 8.99. The summed E-state index contributed by atoms with van der Waals surface area (Å²) in [4.78, 5) is 13.7. The molecule has 1 heterocycles. The number of piperazine rings is 1. The maximum Gasteiger partial charge on any atom is 0.234 e. The topological polar surface area (TPSA) is 32.3 Å². The average molecular weight is 258 g/mol. The van der Waals surface area contributed by atoms with Gasteiger partial charge in [-0.1, -0.05) is 29.8 Å². The molecule has 3 nitrogen and oxygen atoms in total. The SMILES string of the molecule is Cc1ccc(C2(CCN3CCNC(=O)C3)CC2)cc1. The first-order valence-electron chi connectivity index (χ1n) is 7.24. The van der Waals surface area contributed by atoms with Crippen LogP contribution in [0.3, 0.4) is 0 Å². The van der Waals surface area contributed by atoms with Gasteiger partial charge in [0, 0.05) is 13.1 Å². The van der Waals surface area contributed by atoms with E-state index in [0.717, 1.165) is 19.6 Å². The van der Waals surface area contributed by atoms with Crippen LogP contribution in [0.1, 0.15) is 30.4 Å². The Morgan fingerprint density at radius 3 is 2.63 bits per heavy atom. The van der Waals surface area contributed by atoms with E-state index in [9.17, 15) is 4.79 Å². The van der Waals surface area contributed by atoms with Crippen LogP contribution in [0.15, 0.2) is 24.3 Å². The zero-order chi connectivity index (χ0) is 13.3. The molecule has 0 radical (unpaired) electrons. The molecule has 1 saturated carbocycles. The highest BCUT2D eigenvalue weighted by Crippen LogP contribution is 2.51. The standard InChI is InChI=1S/C16H22N2O/c1-13-2-4-14(5-3-13)16(6-7-16)8-10-18-11-9-17-15(19)12-18/h2-5H,6-12H2,1H3,(H,17,19). The molecule has 0 unspecified atom stereocenters. The highest BCUT2D eigenvalue weighted by atomic mass is 16.2. The molecular formula is C16H22N2O. The van der Waals surface area contributed by atoms with Gasteiger partial charge in [0.2, 0.25) is 5.91 Å². The fourth-order valence-electron chi connectivity index (χ4n) is 3.00. The number of aryl methyl sites for hydroxylation is 1. The minimum atomic E-state index is 0.173. The van der Waals surface area contributed by atoms with Crippen LogP contribution in [-0.2, 0) is 10.2 Å². The second-order valence-corrected chi connectivity index (χ2v) is 6.02. The van der Waals surface area contributed by atoms with Crippen molar-refractivity contribution < 1.29 is 4.79 Å². The Kier molecular flexibility index (Phi) is 3.31. The van der Waals surface area contributed by atoms with Gasteiger partial charge in [-0.15, -0.1) is 0 Å². The molecule has 2 fully saturated rings. The second kappa shape index (κ2) is 4.97. The molecule has 3 rings (SSSR count). The Balaban J connectivity index is 1.60. The van der Waals surface area contributed by atoms with Crippen molar-refractivity contribution >= 4 is 5.91 Å². The molecule has 1 aromatic rings. The average Bonchev–Trinajstić information content (AvgIpc) is 3.19. The van der Waals surface area contributed by atoms with Gasteiger partial charge >= 0.3 is 0 Å². The molecule has 2 aliphatic rings. The van der Waals surface area contributed by atoms with E-state index in [2.05, 4.69) is 41.4 Å². The molecule has 1 aromatic carbocycles. The molecule has 1 N–H and O–H groups in total. The number of hydrogen-bond donors (Lipinski definition) is 1. The summed E-state index contributed by atoms with van der Waals surface area (Å²) >= 11 is 0. The van der Waals surface area contributed by atoms with Gasteiger partial charge in [0.1, 0.15) is 0 Å². The van der Waals surface area contributed by atoms with Gasteiger partial charge in [-0.2, -0.15) is 0 Å². The molecule has 1 aliphatic heterocycles. The lowest BCUT2D eigenvalue weighted by atomic mass is 9.91. The molecule has 1 saturated heterocycles. The molecule has 0 atom stereocenters. The molecule has 0 spiro atoms. The largest absolute Gasteiger partial charge is 0.354 e. The Bertz CT molecular complexity index is 462. The molecule has 0 bridgehead atoms. The Hall–Kier alpha value is -1.35. The lowest BCUT2D eigenvalue weighted by molar-refractivity contribution is -0.124. The van der Waals surface area contributed by atoms with Crippen LogP contribution >= 0.6 is 0 Å². The molecule has 0 aromatic heterocycles. The number of carbonyl (C=O) groups is 1. The number of carbonyl (C=O) groups excluding carboxylic acids is 1. The Morgan fingerprint density at radius 1 is 1.26 bits per heavy atom. The molecule has 19 heavy (non-hydrogen) atoms. The molecule has 102 valence electrons.